The molecule has 0 atom stereocenters. The first kappa shape index (κ1) is 18.4. The Morgan fingerprint density at radius 3 is 2.76 bits per heavy atom. The lowest BCUT2D eigenvalue weighted by molar-refractivity contribution is -0.116. The van der Waals surface area contributed by atoms with Crippen LogP contribution in [0.2, 0.25) is 0 Å². The van der Waals surface area contributed by atoms with E-state index in [4.69, 9.17) is 4.74 Å². The van der Waals surface area contributed by atoms with Gasteiger partial charge in [-0.25, -0.2) is 9.67 Å². The molecular weight excluding hydrogens is 372 g/mol. The lowest BCUT2D eigenvalue weighted by Gasteiger charge is -2.07. The van der Waals surface area contributed by atoms with Gasteiger partial charge in [0.1, 0.15) is 18.6 Å². The van der Waals surface area contributed by atoms with E-state index in [1.807, 2.05) is 42.5 Å². The number of hydrogen-bond acceptors (Lipinski definition) is 6. The molecule has 0 aliphatic rings. The average molecular weight is 390 g/mol. The molecule has 146 valence electrons. The van der Waals surface area contributed by atoms with Crippen molar-refractivity contribution in [2.75, 3.05) is 12.4 Å². The molecule has 4 aromatic rings. The second-order valence-electron chi connectivity index (χ2n) is 6.36. The third kappa shape index (κ3) is 3.98. The van der Waals surface area contributed by atoms with Crippen LogP contribution in [0.25, 0.3) is 11.2 Å². The van der Waals surface area contributed by atoms with Gasteiger partial charge in [-0.2, -0.15) is 0 Å². The Hall–Kier alpha value is -4.01. The maximum absolute atomic E-state index is 12.7. The first-order chi connectivity index (χ1) is 14.1. The zero-order valence-corrected chi connectivity index (χ0v) is 15.6. The molecule has 0 saturated heterocycles. The molecule has 1 amide bonds. The summed E-state index contributed by atoms with van der Waals surface area (Å²) in [6, 6.07) is 16.5. The Bertz CT molecular complexity index is 1220. The van der Waals surface area contributed by atoms with Gasteiger partial charge in [0.25, 0.3) is 5.56 Å². The Labute approximate surface area is 165 Å². The van der Waals surface area contributed by atoms with Crippen molar-refractivity contribution in [2.24, 2.45) is 0 Å². The van der Waals surface area contributed by atoms with Gasteiger partial charge in [0.15, 0.2) is 11.2 Å². The lowest BCUT2D eigenvalue weighted by Crippen LogP contribution is -2.28. The molecule has 1 N–H and O–H groups in total. The van der Waals surface area contributed by atoms with Gasteiger partial charge >= 0.3 is 0 Å². The van der Waals surface area contributed by atoms with Gasteiger partial charge in [0, 0.05) is 5.69 Å². The number of carbonyl (C=O) groups excluding carboxylic acids is 1. The number of ether oxygens (including phenoxy) is 1. The largest absolute Gasteiger partial charge is 0.497 e. The Morgan fingerprint density at radius 1 is 1.14 bits per heavy atom. The van der Waals surface area contributed by atoms with Crippen molar-refractivity contribution < 1.29 is 9.53 Å². The fraction of sp³-hybridized carbons (Fsp3) is 0.150. The second kappa shape index (κ2) is 7.93. The summed E-state index contributed by atoms with van der Waals surface area (Å²) in [6.45, 7) is 0.220. The number of amides is 1. The summed E-state index contributed by atoms with van der Waals surface area (Å²) in [4.78, 5) is 29.2. The number of nitrogens with one attached hydrogen (secondary N) is 1. The van der Waals surface area contributed by atoms with E-state index in [1.54, 1.807) is 23.9 Å². The van der Waals surface area contributed by atoms with Crippen LogP contribution in [0.1, 0.15) is 5.56 Å². The zero-order valence-electron chi connectivity index (χ0n) is 15.6. The first-order valence-electron chi connectivity index (χ1n) is 8.90. The monoisotopic (exact) mass is 390 g/mol. The van der Waals surface area contributed by atoms with Crippen molar-refractivity contribution in [1.29, 1.82) is 0 Å². The van der Waals surface area contributed by atoms with Crippen molar-refractivity contribution >= 4 is 22.8 Å². The summed E-state index contributed by atoms with van der Waals surface area (Å²) in [6.07, 6.45) is 1.33. The third-order valence-corrected chi connectivity index (χ3v) is 4.33. The summed E-state index contributed by atoms with van der Waals surface area (Å²) in [5.74, 6) is 0.398. The van der Waals surface area contributed by atoms with Crippen LogP contribution in [-0.4, -0.2) is 37.6 Å². The van der Waals surface area contributed by atoms with Crippen LogP contribution in [-0.2, 0) is 17.9 Å². The van der Waals surface area contributed by atoms with Gasteiger partial charge in [-0.1, -0.05) is 35.5 Å². The van der Waals surface area contributed by atoms with Crippen LogP contribution in [0.3, 0.4) is 0 Å². The van der Waals surface area contributed by atoms with Crippen LogP contribution < -0.4 is 15.6 Å². The second-order valence-corrected chi connectivity index (χ2v) is 6.36. The van der Waals surface area contributed by atoms with E-state index < -0.39 is 5.56 Å². The molecule has 29 heavy (non-hydrogen) atoms. The highest BCUT2D eigenvalue weighted by molar-refractivity contribution is 5.90. The number of carbonyl (C=O) groups is 1. The number of rotatable bonds is 6. The molecule has 2 aromatic heterocycles. The molecule has 9 nitrogen and oxygen atoms in total. The molecule has 4 rings (SSSR count). The SMILES string of the molecule is COc1cccc(Cn2nnc3c(=O)n(CC(=O)Nc4ccccc4)cnc32)c1. The van der Waals surface area contributed by atoms with Crippen molar-refractivity contribution in [2.45, 2.75) is 13.1 Å². The number of para-hydroxylation sites is 1. The third-order valence-electron chi connectivity index (χ3n) is 4.33. The Balaban J connectivity index is 1.55. The number of nitrogens with zero attached hydrogens (tertiary/aromatic N) is 5. The molecule has 0 bridgehead atoms. The normalized spacial score (nSPS) is 10.8. The smallest absolute Gasteiger partial charge is 0.283 e. The molecule has 0 unspecified atom stereocenters. The van der Waals surface area contributed by atoms with Gasteiger partial charge in [-0.15, -0.1) is 5.10 Å². The summed E-state index contributed by atoms with van der Waals surface area (Å²) in [7, 11) is 1.60. The van der Waals surface area contributed by atoms with Gasteiger partial charge in [0.2, 0.25) is 5.91 Å². The molecule has 2 aromatic carbocycles. The molecule has 0 spiro atoms. The molecule has 2 heterocycles. The summed E-state index contributed by atoms with van der Waals surface area (Å²) >= 11 is 0. The molecule has 0 aliphatic carbocycles. The Kier molecular flexibility index (Phi) is 5.02. The predicted molar refractivity (Wildman–Crippen MR) is 107 cm³/mol. The average Bonchev–Trinajstić information content (AvgIpc) is 3.14. The minimum atomic E-state index is -0.421. The number of hydrogen-bond donors (Lipinski definition) is 1. The molecule has 0 fully saturated rings. The number of anilines is 1. The fourth-order valence-electron chi connectivity index (χ4n) is 2.93. The van der Waals surface area contributed by atoms with Crippen LogP contribution >= 0.6 is 0 Å². The van der Waals surface area contributed by atoms with Crippen molar-refractivity contribution in [3.63, 3.8) is 0 Å². The molecule has 0 saturated carbocycles. The quantitative estimate of drug-likeness (QED) is 0.537. The van der Waals surface area contributed by atoms with Gasteiger partial charge < -0.3 is 10.1 Å². The minimum absolute atomic E-state index is 0.114. The predicted octanol–water partition coefficient (Wildman–Crippen LogP) is 1.68. The van der Waals surface area contributed by atoms with E-state index in [1.165, 1.54) is 10.9 Å². The minimum Gasteiger partial charge on any atom is -0.497 e. The van der Waals surface area contributed by atoms with E-state index >= 15 is 0 Å². The van der Waals surface area contributed by atoms with Crippen molar-refractivity contribution in [3.05, 3.63) is 76.8 Å². The maximum Gasteiger partial charge on any atom is 0.283 e. The molecular formula is C20H18N6O3. The number of methoxy groups -OCH3 is 1. The van der Waals surface area contributed by atoms with E-state index in [2.05, 4.69) is 20.6 Å². The van der Waals surface area contributed by atoms with Crippen LogP contribution in [0.15, 0.2) is 65.7 Å². The van der Waals surface area contributed by atoms with Gasteiger partial charge in [-0.3, -0.25) is 14.2 Å². The summed E-state index contributed by atoms with van der Waals surface area (Å²) in [5, 5.41) is 10.7. The Morgan fingerprint density at radius 2 is 1.97 bits per heavy atom. The van der Waals surface area contributed by atoms with E-state index in [0.717, 1.165) is 11.3 Å². The lowest BCUT2D eigenvalue weighted by atomic mass is 10.2. The highest BCUT2D eigenvalue weighted by atomic mass is 16.5. The number of benzene rings is 2. The zero-order chi connectivity index (χ0) is 20.2. The van der Waals surface area contributed by atoms with E-state index in [0.29, 0.717) is 17.9 Å². The van der Waals surface area contributed by atoms with E-state index in [-0.39, 0.29) is 18.0 Å². The first-order valence-corrected chi connectivity index (χ1v) is 8.90. The van der Waals surface area contributed by atoms with Crippen molar-refractivity contribution in [1.82, 2.24) is 24.5 Å². The van der Waals surface area contributed by atoms with Crippen molar-refractivity contribution in [3.8, 4) is 5.75 Å². The van der Waals surface area contributed by atoms with Crippen LogP contribution in [0, 0.1) is 0 Å². The standard InChI is InChI=1S/C20H18N6O3/c1-29-16-9-5-6-14(10-16)11-26-19-18(23-24-26)20(28)25(13-21-19)12-17(27)22-15-7-3-2-4-8-15/h2-10,13H,11-12H2,1H3,(H,22,27). The summed E-state index contributed by atoms with van der Waals surface area (Å²) in [5.41, 5.74) is 1.64. The number of aromatic nitrogens is 5. The van der Waals surface area contributed by atoms with Crippen LogP contribution in [0.4, 0.5) is 5.69 Å². The maximum atomic E-state index is 12.7. The molecule has 0 aliphatic heterocycles. The van der Waals surface area contributed by atoms with Gasteiger partial charge in [0.05, 0.1) is 13.7 Å². The number of fused-ring (bicyclic) bond motifs is 1. The molecule has 0 radical (unpaired) electrons. The van der Waals surface area contributed by atoms with Crippen LogP contribution in [0.5, 0.6) is 5.75 Å². The molecule has 9 heteroatoms. The highest BCUT2D eigenvalue weighted by Gasteiger charge is 2.14. The topological polar surface area (TPSA) is 104 Å². The van der Waals surface area contributed by atoms with E-state index in [9.17, 15) is 9.59 Å². The fourth-order valence-corrected chi connectivity index (χ4v) is 2.93. The van der Waals surface area contributed by atoms with Gasteiger partial charge in [-0.05, 0) is 29.8 Å². The summed E-state index contributed by atoms with van der Waals surface area (Å²) < 4.78 is 7.98. The highest BCUT2D eigenvalue weighted by Crippen LogP contribution is 2.14.